The van der Waals surface area contributed by atoms with E-state index in [9.17, 15) is 4.39 Å². The molecule has 0 N–H and O–H groups in total. The minimum atomic E-state index is -0.269. The van der Waals surface area contributed by atoms with Crippen molar-refractivity contribution in [2.75, 3.05) is 21.3 Å². The standard InChI is InChI=1S/C8H9ClO2.C7H7FO/c1-10-7-3-6(9)4-8(5-7)11-2;1-9-7-4-2-3-6(8)5-7/h3-5H,1-2H3;2-5H,1H3. The highest BCUT2D eigenvalue weighted by Crippen LogP contribution is 2.25. The number of methoxy groups -OCH3 is 3. The SMILES string of the molecule is COc1cc(Cl)cc(OC)c1.COc1cccc(F)c1. The highest BCUT2D eigenvalue weighted by molar-refractivity contribution is 6.30. The fraction of sp³-hybridized carbons (Fsp3) is 0.200. The predicted octanol–water partition coefficient (Wildman–Crippen LogP) is 4.19. The Balaban J connectivity index is 0.000000204. The van der Waals surface area contributed by atoms with E-state index in [1.807, 2.05) is 0 Å². The van der Waals surface area contributed by atoms with Gasteiger partial charge in [-0.25, -0.2) is 4.39 Å². The molecule has 5 heteroatoms. The van der Waals surface area contributed by atoms with Gasteiger partial charge in [-0.15, -0.1) is 0 Å². The Kier molecular flexibility index (Phi) is 6.67. The summed E-state index contributed by atoms with van der Waals surface area (Å²) in [5, 5.41) is 0.612. The molecule has 3 nitrogen and oxygen atoms in total. The van der Waals surface area contributed by atoms with Crippen molar-refractivity contribution in [3.05, 3.63) is 53.3 Å². The van der Waals surface area contributed by atoms with Gasteiger partial charge in [0.05, 0.1) is 21.3 Å². The summed E-state index contributed by atoms with van der Waals surface area (Å²) in [5.41, 5.74) is 0. The molecule has 0 heterocycles. The van der Waals surface area contributed by atoms with Crippen molar-refractivity contribution in [3.63, 3.8) is 0 Å². The van der Waals surface area contributed by atoms with Crippen molar-refractivity contribution in [1.29, 1.82) is 0 Å². The maximum Gasteiger partial charge on any atom is 0.126 e. The second kappa shape index (κ2) is 8.27. The molecule has 0 aliphatic carbocycles. The first-order chi connectivity index (χ1) is 9.58. The molecular formula is C15H16ClFO3. The van der Waals surface area contributed by atoms with Crippen LogP contribution in [0.5, 0.6) is 17.2 Å². The Hall–Kier alpha value is -1.94. The van der Waals surface area contributed by atoms with Crippen molar-refractivity contribution in [1.82, 2.24) is 0 Å². The normalized spacial score (nSPS) is 9.25. The minimum Gasteiger partial charge on any atom is -0.497 e. The van der Waals surface area contributed by atoms with Gasteiger partial charge < -0.3 is 14.2 Å². The zero-order valence-electron chi connectivity index (χ0n) is 11.5. The summed E-state index contributed by atoms with van der Waals surface area (Å²) in [6.45, 7) is 0. The molecular weight excluding hydrogens is 283 g/mol. The van der Waals surface area contributed by atoms with E-state index >= 15 is 0 Å². The van der Waals surface area contributed by atoms with Gasteiger partial charge >= 0.3 is 0 Å². The van der Waals surface area contributed by atoms with Crippen LogP contribution >= 0.6 is 11.6 Å². The number of hydrogen-bond acceptors (Lipinski definition) is 3. The molecule has 0 fully saturated rings. The average molecular weight is 299 g/mol. The molecule has 0 unspecified atom stereocenters. The zero-order chi connectivity index (χ0) is 15.0. The Morgan fingerprint density at radius 3 is 1.75 bits per heavy atom. The summed E-state index contributed by atoms with van der Waals surface area (Å²) in [7, 11) is 4.69. The van der Waals surface area contributed by atoms with Crippen LogP contribution in [0.25, 0.3) is 0 Å². The van der Waals surface area contributed by atoms with Crippen molar-refractivity contribution >= 4 is 11.6 Å². The molecule has 2 aromatic carbocycles. The molecule has 0 saturated heterocycles. The quantitative estimate of drug-likeness (QED) is 0.850. The highest BCUT2D eigenvalue weighted by atomic mass is 35.5. The van der Waals surface area contributed by atoms with Crippen LogP contribution in [0.1, 0.15) is 0 Å². The highest BCUT2D eigenvalue weighted by Gasteiger charge is 1.98. The Bertz CT molecular complexity index is 524. The molecule has 108 valence electrons. The Morgan fingerprint density at radius 1 is 0.800 bits per heavy atom. The van der Waals surface area contributed by atoms with Crippen LogP contribution in [0.2, 0.25) is 5.02 Å². The van der Waals surface area contributed by atoms with Gasteiger partial charge in [-0.1, -0.05) is 17.7 Å². The number of benzene rings is 2. The third-order valence-electron chi connectivity index (χ3n) is 2.35. The van der Waals surface area contributed by atoms with Crippen LogP contribution in [0.15, 0.2) is 42.5 Å². The van der Waals surface area contributed by atoms with E-state index in [4.69, 9.17) is 25.8 Å². The lowest BCUT2D eigenvalue weighted by Crippen LogP contribution is -1.86. The van der Waals surface area contributed by atoms with Gasteiger partial charge in [0.2, 0.25) is 0 Å². The lowest BCUT2D eigenvalue weighted by molar-refractivity contribution is 0.394. The molecule has 0 amide bonds. The molecule has 2 aromatic rings. The lowest BCUT2D eigenvalue weighted by atomic mass is 10.3. The Morgan fingerprint density at radius 2 is 1.35 bits per heavy atom. The van der Waals surface area contributed by atoms with Crippen molar-refractivity contribution in [2.45, 2.75) is 0 Å². The van der Waals surface area contributed by atoms with Crippen LogP contribution in [0.3, 0.4) is 0 Å². The fourth-order valence-electron chi connectivity index (χ4n) is 1.37. The first-order valence-electron chi connectivity index (χ1n) is 5.77. The number of ether oxygens (including phenoxy) is 3. The smallest absolute Gasteiger partial charge is 0.126 e. The van der Waals surface area contributed by atoms with E-state index < -0.39 is 0 Å². The zero-order valence-corrected chi connectivity index (χ0v) is 12.3. The molecule has 0 bridgehead atoms. The van der Waals surface area contributed by atoms with Gasteiger partial charge in [0.25, 0.3) is 0 Å². The number of hydrogen-bond donors (Lipinski definition) is 0. The number of rotatable bonds is 3. The van der Waals surface area contributed by atoms with Crippen LogP contribution in [0, 0.1) is 5.82 Å². The maximum atomic E-state index is 12.3. The van der Waals surface area contributed by atoms with E-state index in [0.717, 1.165) is 0 Å². The minimum absolute atomic E-state index is 0.269. The van der Waals surface area contributed by atoms with Crippen LogP contribution in [-0.4, -0.2) is 21.3 Å². The van der Waals surface area contributed by atoms with Gasteiger partial charge in [-0.05, 0) is 24.3 Å². The van der Waals surface area contributed by atoms with E-state index in [2.05, 4.69) is 0 Å². The van der Waals surface area contributed by atoms with E-state index in [0.29, 0.717) is 22.3 Å². The van der Waals surface area contributed by atoms with E-state index in [1.165, 1.54) is 19.2 Å². The summed E-state index contributed by atoms with van der Waals surface area (Å²) in [6.07, 6.45) is 0. The lowest BCUT2D eigenvalue weighted by Gasteiger charge is -2.03. The Labute approximate surface area is 122 Å². The van der Waals surface area contributed by atoms with Crippen LogP contribution in [-0.2, 0) is 0 Å². The summed E-state index contributed by atoms with van der Waals surface area (Å²) >= 11 is 5.75. The third-order valence-corrected chi connectivity index (χ3v) is 2.57. The van der Waals surface area contributed by atoms with Crippen molar-refractivity contribution < 1.29 is 18.6 Å². The van der Waals surface area contributed by atoms with Gasteiger partial charge in [-0.3, -0.25) is 0 Å². The van der Waals surface area contributed by atoms with E-state index in [-0.39, 0.29) is 5.82 Å². The first kappa shape index (κ1) is 16.1. The largest absolute Gasteiger partial charge is 0.497 e. The molecule has 0 aliphatic heterocycles. The fourth-order valence-corrected chi connectivity index (χ4v) is 1.58. The monoisotopic (exact) mass is 298 g/mol. The van der Waals surface area contributed by atoms with E-state index in [1.54, 1.807) is 44.6 Å². The van der Waals surface area contributed by atoms with Gasteiger partial charge in [0, 0.05) is 17.2 Å². The second-order valence-corrected chi connectivity index (χ2v) is 4.13. The summed E-state index contributed by atoms with van der Waals surface area (Å²) in [5.74, 6) is 1.69. The third kappa shape index (κ3) is 5.36. The van der Waals surface area contributed by atoms with Gasteiger partial charge in [0.15, 0.2) is 0 Å². The molecule has 0 spiro atoms. The molecule has 0 saturated carbocycles. The van der Waals surface area contributed by atoms with Crippen LogP contribution in [0.4, 0.5) is 4.39 Å². The number of halogens is 2. The molecule has 0 aliphatic rings. The van der Waals surface area contributed by atoms with Crippen LogP contribution < -0.4 is 14.2 Å². The van der Waals surface area contributed by atoms with Crippen molar-refractivity contribution in [2.24, 2.45) is 0 Å². The van der Waals surface area contributed by atoms with Gasteiger partial charge in [-0.2, -0.15) is 0 Å². The second-order valence-electron chi connectivity index (χ2n) is 3.69. The molecule has 20 heavy (non-hydrogen) atoms. The summed E-state index contributed by atoms with van der Waals surface area (Å²) in [6, 6.07) is 11.2. The van der Waals surface area contributed by atoms with Gasteiger partial charge in [0.1, 0.15) is 23.1 Å². The summed E-state index contributed by atoms with van der Waals surface area (Å²) < 4.78 is 27.0. The average Bonchev–Trinajstić information content (AvgIpc) is 2.47. The maximum absolute atomic E-state index is 12.3. The topological polar surface area (TPSA) is 27.7 Å². The molecule has 0 aromatic heterocycles. The predicted molar refractivity (Wildman–Crippen MR) is 77.5 cm³/mol. The first-order valence-corrected chi connectivity index (χ1v) is 6.15. The molecule has 2 rings (SSSR count). The summed E-state index contributed by atoms with van der Waals surface area (Å²) in [4.78, 5) is 0. The van der Waals surface area contributed by atoms with Crippen molar-refractivity contribution in [3.8, 4) is 17.2 Å². The molecule has 0 radical (unpaired) electrons. The molecule has 0 atom stereocenters.